The van der Waals surface area contributed by atoms with Crippen molar-refractivity contribution in [3.05, 3.63) is 65.3 Å². The van der Waals surface area contributed by atoms with Gasteiger partial charge in [0.1, 0.15) is 10.9 Å². The SMILES string of the molecule is COc1ccc2cc(C=NNC(=O)[C@H](C)Sc3ccccc3)c(Cl)nc2c1. The van der Waals surface area contributed by atoms with E-state index in [1.807, 2.05) is 61.5 Å². The lowest BCUT2D eigenvalue weighted by Gasteiger charge is -2.09. The number of halogens is 1. The Bertz CT molecular complexity index is 980. The molecular formula is C20H18ClN3O2S. The van der Waals surface area contributed by atoms with Gasteiger partial charge in [-0.3, -0.25) is 4.79 Å². The zero-order valence-electron chi connectivity index (χ0n) is 14.8. The van der Waals surface area contributed by atoms with Crippen molar-refractivity contribution in [1.29, 1.82) is 0 Å². The molecule has 0 saturated heterocycles. The lowest BCUT2D eigenvalue weighted by atomic mass is 10.1. The smallest absolute Gasteiger partial charge is 0.253 e. The molecule has 0 fully saturated rings. The largest absolute Gasteiger partial charge is 0.497 e. The highest BCUT2D eigenvalue weighted by molar-refractivity contribution is 8.00. The Kier molecular flexibility index (Phi) is 6.32. The predicted molar refractivity (Wildman–Crippen MR) is 111 cm³/mol. The third-order valence-electron chi connectivity index (χ3n) is 3.81. The van der Waals surface area contributed by atoms with Crippen molar-refractivity contribution in [3.8, 4) is 5.75 Å². The van der Waals surface area contributed by atoms with Crippen LogP contribution in [0.3, 0.4) is 0 Å². The number of nitrogens with zero attached hydrogens (tertiary/aromatic N) is 2. The van der Waals surface area contributed by atoms with E-state index < -0.39 is 0 Å². The number of carbonyl (C=O) groups excluding carboxylic acids is 1. The zero-order chi connectivity index (χ0) is 19.2. The van der Waals surface area contributed by atoms with Gasteiger partial charge in [0.15, 0.2) is 0 Å². The van der Waals surface area contributed by atoms with E-state index in [4.69, 9.17) is 16.3 Å². The monoisotopic (exact) mass is 399 g/mol. The van der Waals surface area contributed by atoms with Gasteiger partial charge < -0.3 is 4.74 Å². The van der Waals surface area contributed by atoms with Crippen LogP contribution in [0.2, 0.25) is 5.15 Å². The van der Waals surface area contributed by atoms with Crippen molar-refractivity contribution < 1.29 is 9.53 Å². The minimum atomic E-state index is -0.276. The van der Waals surface area contributed by atoms with Gasteiger partial charge in [-0.25, -0.2) is 10.4 Å². The van der Waals surface area contributed by atoms with Gasteiger partial charge in [0, 0.05) is 21.9 Å². The van der Waals surface area contributed by atoms with Crippen molar-refractivity contribution in [2.24, 2.45) is 5.10 Å². The maximum Gasteiger partial charge on any atom is 0.253 e. The third-order valence-corrected chi connectivity index (χ3v) is 5.22. The van der Waals surface area contributed by atoms with Crippen molar-refractivity contribution in [2.75, 3.05) is 7.11 Å². The molecule has 0 bridgehead atoms. The molecule has 27 heavy (non-hydrogen) atoms. The summed E-state index contributed by atoms with van der Waals surface area (Å²) in [5, 5.41) is 4.95. The first-order valence-corrected chi connectivity index (χ1v) is 9.51. The summed E-state index contributed by atoms with van der Waals surface area (Å²) in [5.41, 5.74) is 3.90. The number of benzene rings is 2. The van der Waals surface area contributed by atoms with Crippen LogP contribution in [-0.2, 0) is 4.79 Å². The Morgan fingerprint density at radius 1 is 1.26 bits per heavy atom. The molecule has 1 amide bonds. The summed E-state index contributed by atoms with van der Waals surface area (Å²) in [7, 11) is 1.60. The maximum absolute atomic E-state index is 12.2. The molecule has 0 aliphatic carbocycles. The number of hydrazone groups is 1. The van der Waals surface area contributed by atoms with Crippen LogP contribution in [0.4, 0.5) is 0 Å². The number of nitrogens with one attached hydrogen (secondary N) is 1. The molecule has 2 aromatic carbocycles. The quantitative estimate of drug-likeness (QED) is 0.286. The number of ether oxygens (including phenoxy) is 1. The fraction of sp³-hybridized carbons (Fsp3) is 0.150. The fourth-order valence-corrected chi connectivity index (χ4v) is 3.45. The van der Waals surface area contributed by atoms with Crippen molar-refractivity contribution in [1.82, 2.24) is 10.4 Å². The predicted octanol–water partition coefficient (Wildman–Crippen LogP) is 4.53. The van der Waals surface area contributed by atoms with Crippen molar-refractivity contribution in [3.63, 3.8) is 0 Å². The summed E-state index contributed by atoms with van der Waals surface area (Å²) in [5.74, 6) is 0.527. The number of hydrogen-bond donors (Lipinski definition) is 1. The second-order valence-electron chi connectivity index (χ2n) is 5.73. The minimum absolute atomic E-state index is 0.185. The molecule has 1 atom stereocenters. The standard InChI is InChI=1S/C20H18ClN3O2S/c1-13(27-17-6-4-3-5-7-17)20(25)24-22-12-15-10-14-8-9-16(26-2)11-18(14)23-19(15)21/h3-13H,1-2H3,(H,24,25)/t13-/m0/s1. The number of amides is 1. The van der Waals surface area contributed by atoms with E-state index in [0.29, 0.717) is 16.5 Å². The number of carbonyl (C=O) groups is 1. The number of pyridine rings is 1. The van der Waals surface area contributed by atoms with E-state index in [9.17, 15) is 4.79 Å². The Balaban J connectivity index is 1.66. The van der Waals surface area contributed by atoms with Crippen LogP contribution in [0.15, 0.2) is 64.6 Å². The molecule has 1 aromatic heterocycles. The number of fused-ring (bicyclic) bond motifs is 1. The van der Waals surface area contributed by atoms with Crippen LogP contribution < -0.4 is 10.2 Å². The van der Waals surface area contributed by atoms with E-state index in [1.165, 1.54) is 18.0 Å². The molecule has 3 rings (SSSR count). The Morgan fingerprint density at radius 3 is 2.78 bits per heavy atom. The highest BCUT2D eigenvalue weighted by atomic mass is 35.5. The van der Waals surface area contributed by atoms with Crippen LogP contribution in [0.25, 0.3) is 10.9 Å². The second kappa shape index (κ2) is 8.88. The average Bonchev–Trinajstić information content (AvgIpc) is 2.68. The molecule has 3 aromatic rings. The fourth-order valence-electron chi connectivity index (χ4n) is 2.37. The first kappa shape index (κ1) is 19.2. The molecule has 5 nitrogen and oxygen atoms in total. The van der Waals surface area contributed by atoms with Gasteiger partial charge >= 0.3 is 0 Å². The Labute approximate surface area is 166 Å². The van der Waals surface area contributed by atoms with Crippen molar-refractivity contribution >= 4 is 46.4 Å². The molecule has 0 spiro atoms. The number of aromatic nitrogens is 1. The Hall–Kier alpha value is -2.57. The topological polar surface area (TPSA) is 63.6 Å². The molecule has 0 saturated carbocycles. The molecule has 0 aliphatic heterocycles. The molecule has 1 heterocycles. The van der Waals surface area contributed by atoms with Crippen LogP contribution >= 0.6 is 23.4 Å². The summed E-state index contributed by atoms with van der Waals surface area (Å²) in [6.45, 7) is 1.83. The zero-order valence-corrected chi connectivity index (χ0v) is 16.4. The van der Waals surface area contributed by atoms with Crippen LogP contribution in [0.1, 0.15) is 12.5 Å². The lowest BCUT2D eigenvalue weighted by Crippen LogP contribution is -2.26. The van der Waals surface area contributed by atoms with Crippen LogP contribution in [-0.4, -0.2) is 29.5 Å². The molecule has 138 valence electrons. The molecule has 7 heteroatoms. The molecule has 0 radical (unpaired) electrons. The number of thioether (sulfide) groups is 1. The first-order chi connectivity index (χ1) is 13.1. The lowest BCUT2D eigenvalue weighted by molar-refractivity contribution is -0.120. The van der Waals surface area contributed by atoms with Gasteiger partial charge in [-0.2, -0.15) is 5.10 Å². The molecule has 0 unspecified atom stereocenters. The van der Waals surface area contributed by atoms with Crippen LogP contribution in [0, 0.1) is 0 Å². The van der Waals surface area contributed by atoms with Gasteiger partial charge in [0.05, 0.1) is 24.1 Å². The van der Waals surface area contributed by atoms with Gasteiger partial charge in [-0.15, -0.1) is 11.8 Å². The average molecular weight is 400 g/mol. The van der Waals surface area contributed by atoms with Crippen molar-refractivity contribution in [2.45, 2.75) is 17.1 Å². The molecule has 1 N–H and O–H groups in total. The van der Waals surface area contributed by atoms with E-state index >= 15 is 0 Å². The highest BCUT2D eigenvalue weighted by Crippen LogP contribution is 2.24. The summed E-state index contributed by atoms with van der Waals surface area (Å²) in [6.07, 6.45) is 1.50. The summed E-state index contributed by atoms with van der Waals surface area (Å²) in [6, 6.07) is 17.2. The van der Waals surface area contributed by atoms with Gasteiger partial charge in [-0.1, -0.05) is 29.8 Å². The number of rotatable bonds is 6. The van der Waals surface area contributed by atoms with E-state index in [1.54, 1.807) is 7.11 Å². The van der Waals surface area contributed by atoms with E-state index in [0.717, 1.165) is 15.8 Å². The maximum atomic E-state index is 12.2. The normalized spacial score (nSPS) is 12.3. The summed E-state index contributed by atoms with van der Waals surface area (Å²) in [4.78, 5) is 17.6. The first-order valence-electron chi connectivity index (χ1n) is 8.26. The third kappa shape index (κ3) is 4.99. The van der Waals surface area contributed by atoms with Gasteiger partial charge in [0.25, 0.3) is 5.91 Å². The molecule has 0 aliphatic rings. The summed E-state index contributed by atoms with van der Waals surface area (Å²) >= 11 is 7.69. The Morgan fingerprint density at radius 2 is 2.04 bits per heavy atom. The molecular weight excluding hydrogens is 382 g/mol. The van der Waals surface area contributed by atoms with Crippen LogP contribution in [0.5, 0.6) is 5.75 Å². The minimum Gasteiger partial charge on any atom is -0.497 e. The van der Waals surface area contributed by atoms with E-state index in [-0.39, 0.29) is 11.2 Å². The van der Waals surface area contributed by atoms with E-state index in [2.05, 4.69) is 15.5 Å². The van der Waals surface area contributed by atoms with Gasteiger partial charge in [0.2, 0.25) is 0 Å². The number of methoxy groups -OCH3 is 1. The number of hydrogen-bond acceptors (Lipinski definition) is 5. The van der Waals surface area contributed by atoms with Gasteiger partial charge in [-0.05, 0) is 37.3 Å². The highest BCUT2D eigenvalue weighted by Gasteiger charge is 2.13. The second-order valence-corrected chi connectivity index (χ2v) is 7.51. The summed E-state index contributed by atoms with van der Waals surface area (Å²) < 4.78 is 5.19.